The third-order valence-electron chi connectivity index (χ3n) is 4.60. The zero-order chi connectivity index (χ0) is 15.2. The summed E-state index contributed by atoms with van der Waals surface area (Å²) in [7, 11) is 0. The van der Waals surface area contributed by atoms with Crippen LogP contribution in [0.25, 0.3) is 0 Å². The number of thioether (sulfide) groups is 1. The van der Waals surface area contributed by atoms with Crippen LogP contribution in [0.15, 0.2) is 35.2 Å². The molecule has 0 unspecified atom stereocenters. The highest BCUT2D eigenvalue weighted by Crippen LogP contribution is 2.19. The van der Waals surface area contributed by atoms with Crippen LogP contribution in [-0.4, -0.2) is 66.8 Å². The monoisotopic (exact) mass is 319 g/mol. The first kappa shape index (κ1) is 15.8. The van der Waals surface area contributed by atoms with E-state index in [1.54, 1.807) is 11.8 Å². The normalized spacial score (nSPS) is 21.0. The van der Waals surface area contributed by atoms with Crippen LogP contribution in [0, 0.1) is 0 Å². The number of carbonyl (C=O) groups excluding carboxylic acids is 1. The molecule has 2 saturated heterocycles. The molecular formula is C17H25N3OS. The zero-order valence-corrected chi connectivity index (χ0v) is 13.9. The number of benzene rings is 1. The van der Waals surface area contributed by atoms with E-state index in [-0.39, 0.29) is 5.91 Å². The lowest BCUT2D eigenvalue weighted by atomic mass is 10.0. The van der Waals surface area contributed by atoms with Crippen molar-refractivity contribution in [2.75, 3.05) is 45.0 Å². The molecule has 0 bridgehead atoms. The molecule has 4 nitrogen and oxygen atoms in total. The Morgan fingerprint density at radius 3 is 2.45 bits per heavy atom. The highest BCUT2D eigenvalue weighted by atomic mass is 32.2. The minimum absolute atomic E-state index is 0.277. The molecule has 0 spiro atoms. The Balaban J connectivity index is 1.41. The number of nitrogens with one attached hydrogen (secondary N) is 1. The van der Waals surface area contributed by atoms with Crippen LogP contribution < -0.4 is 5.32 Å². The van der Waals surface area contributed by atoms with Crippen molar-refractivity contribution in [3.63, 3.8) is 0 Å². The van der Waals surface area contributed by atoms with Crippen molar-refractivity contribution in [3.05, 3.63) is 30.3 Å². The summed E-state index contributed by atoms with van der Waals surface area (Å²) >= 11 is 1.64. The average molecular weight is 319 g/mol. The molecule has 120 valence electrons. The van der Waals surface area contributed by atoms with Crippen molar-refractivity contribution in [3.8, 4) is 0 Å². The molecule has 2 fully saturated rings. The smallest absolute Gasteiger partial charge is 0.233 e. The summed E-state index contributed by atoms with van der Waals surface area (Å²) in [6, 6.07) is 10.9. The fourth-order valence-electron chi connectivity index (χ4n) is 3.26. The Morgan fingerprint density at radius 2 is 1.77 bits per heavy atom. The first-order chi connectivity index (χ1) is 10.8. The van der Waals surface area contributed by atoms with Gasteiger partial charge in [0.15, 0.2) is 0 Å². The average Bonchev–Trinajstić information content (AvgIpc) is 2.61. The van der Waals surface area contributed by atoms with E-state index in [4.69, 9.17) is 0 Å². The number of piperidine rings is 1. The van der Waals surface area contributed by atoms with Gasteiger partial charge in [0.05, 0.1) is 5.75 Å². The van der Waals surface area contributed by atoms with E-state index in [1.165, 1.54) is 17.7 Å². The molecule has 22 heavy (non-hydrogen) atoms. The van der Waals surface area contributed by atoms with Crippen molar-refractivity contribution in [1.82, 2.24) is 15.1 Å². The third-order valence-corrected chi connectivity index (χ3v) is 5.59. The van der Waals surface area contributed by atoms with Crippen molar-refractivity contribution >= 4 is 17.7 Å². The van der Waals surface area contributed by atoms with Gasteiger partial charge in [-0.25, -0.2) is 0 Å². The summed E-state index contributed by atoms with van der Waals surface area (Å²) in [4.78, 5) is 18.1. The fraction of sp³-hybridized carbons (Fsp3) is 0.588. The van der Waals surface area contributed by atoms with Gasteiger partial charge >= 0.3 is 0 Å². The van der Waals surface area contributed by atoms with Gasteiger partial charge in [0.1, 0.15) is 0 Å². The SMILES string of the molecule is O=C(CSc1ccccc1)N1CCN(C2CCNCC2)CC1. The van der Waals surface area contributed by atoms with Crippen LogP contribution >= 0.6 is 11.8 Å². The van der Waals surface area contributed by atoms with Gasteiger partial charge in [-0.1, -0.05) is 18.2 Å². The first-order valence-corrected chi connectivity index (χ1v) is 9.22. The lowest BCUT2D eigenvalue weighted by Gasteiger charge is -2.40. The molecule has 2 aliphatic rings. The van der Waals surface area contributed by atoms with Gasteiger partial charge in [-0.05, 0) is 38.1 Å². The number of hydrogen-bond donors (Lipinski definition) is 1. The molecule has 0 aromatic heterocycles. The number of amides is 1. The number of rotatable bonds is 4. The second kappa shape index (κ2) is 7.99. The minimum Gasteiger partial charge on any atom is -0.339 e. The molecule has 0 saturated carbocycles. The molecule has 0 atom stereocenters. The molecule has 2 aliphatic heterocycles. The Hall–Kier alpha value is -1.04. The number of carbonyl (C=O) groups is 1. The van der Waals surface area contributed by atoms with Crippen LogP contribution in [0.4, 0.5) is 0 Å². The number of hydrogen-bond acceptors (Lipinski definition) is 4. The Kier molecular flexibility index (Phi) is 5.76. The van der Waals surface area contributed by atoms with E-state index in [2.05, 4.69) is 22.3 Å². The summed E-state index contributed by atoms with van der Waals surface area (Å²) in [6.07, 6.45) is 2.50. The summed E-state index contributed by atoms with van der Waals surface area (Å²) in [5.74, 6) is 0.830. The van der Waals surface area contributed by atoms with Gasteiger partial charge in [-0.2, -0.15) is 0 Å². The molecule has 1 amide bonds. The Bertz CT molecular complexity index is 468. The van der Waals surface area contributed by atoms with E-state index in [9.17, 15) is 4.79 Å². The maximum atomic E-state index is 12.3. The Labute approximate surface area is 137 Å². The van der Waals surface area contributed by atoms with Gasteiger partial charge in [-0.3, -0.25) is 9.69 Å². The lowest BCUT2D eigenvalue weighted by Crippen LogP contribution is -2.54. The summed E-state index contributed by atoms with van der Waals surface area (Å²) in [5, 5.41) is 3.42. The molecule has 2 heterocycles. The quantitative estimate of drug-likeness (QED) is 0.857. The maximum absolute atomic E-state index is 12.3. The van der Waals surface area contributed by atoms with Gasteiger partial charge in [0.2, 0.25) is 5.91 Å². The van der Waals surface area contributed by atoms with Crippen LogP contribution in [0.2, 0.25) is 0 Å². The lowest BCUT2D eigenvalue weighted by molar-refractivity contribution is -0.130. The van der Waals surface area contributed by atoms with Crippen molar-refractivity contribution in [2.45, 2.75) is 23.8 Å². The van der Waals surface area contributed by atoms with Crippen LogP contribution in [0.5, 0.6) is 0 Å². The molecule has 0 aliphatic carbocycles. The molecule has 1 aromatic carbocycles. The van der Waals surface area contributed by atoms with Crippen LogP contribution in [0.1, 0.15) is 12.8 Å². The summed E-state index contributed by atoms with van der Waals surface area (Å²) in [5.41, 5.74) is 0. The van der Waals surface area contributed by atoms with Gasteiger partial charge < -0.3 is 10.2 Å². The maximum Gasteiger partial charge on any atom is 0.233 e. The van der Waals surface area contributed by atoms with E-state index in [1.807, 2.05) is 23.1 Å². The molecule has 5 heteroatoms. The molecule has 1 N–H and O–H groups in total. The predicted octanol–water partition coefficient (Wildman–Crippen LogP) is 1.67. The van der Waals surface area contributed by atoms with Gasteiger partial charge in [0, 0.05) is 37.1 Å². The van der Waals surface area contributed by atoms with E-state index < -0.39 is 0 Å². The fourth-order valence-corrected chi connectivity index (χ4v) is 4.08. The second-order valence-electron chi connectivity index (χ2n) is 6.00. The van der Waals surface area contributed by atoms with E-state index in [0.717, 1.165) is 45.3 Å². The number of piperazine rings is 1. The molecule has 1 aromatic rings. The van der Waals surface area contributed by atoms with Crippen molar-refractivity contribution in [1.29, 1.82) is 0 Å². The van der Waals surface area contributed by atoms with Crippen LogP contribution in [-0.2, 0) is 4.79 Å². The highest BCUT2D eigenvalue weighted by Gasteiger charge is 2.26. The predicted molar refractivity (Wildman–Crippen MR) is 91.2 cm³/mol. The van der Waals surface area contributed by atoms with E-state index >= 15 is 0 Å². The number of nitrogens with zero attached hydrogens (tertiary/aromatic N) is 2. The highest BCUT2D eigenvalue weighted by molar-refractivity contribution is 8.00. The van der Waals surface area contributed by atoms with E-state index in [0.29, 0.717) is 5.75 Å². The Morgan fingerprint density at radius 1 is 1.09 bits per heavy atom. The second-order valence-corrected chi connectivity index (χ2v) is 7.05. The molecular weight excluding hydrogens is 294 g/mol. The van der Waals surface area contributed by atoms with Crippen molar-refractivity contribution < 1.29 is 4.79 Å². The van der Waals surface area contributed by atoms with Gasteiger partial charge in [0.25, 0.3) is 0 Å². The van der Waals surface area contributed by atoms with Crippen LogP contribution in [0.3, 0.4) is 0 Å². The van der Waals surface area contributed by atoms with Gasteiger partial charge in [-0.15, -0.1) is 11.8 Å². The molecule has 0 radical (unpaired) electrons. The standard InChI is InChI=1S/C17H25N3OS/c21-17(14-22-16-4-2-1-3-5-16)20-12-10-19(11-13-20)15-6-8-18-9-7-15/h1-5,15,18H,6-14H2. The largest absolute Gasteiger partial charge is 0.339 e. The van der Waals surface area contributed by atoms with Crippen molar-refractivity contribution in [2.24, 2.45) is 0 Å². The summed E-state index contributed by atoms with van der Waals surface area (Å²) in [6.45, 7) is 6.12. The first-order valence-electron chi connectivity index (χ1n) is 8.23. The summed E-state index contributed by atoms with van der Waals surface area (Å²) < 4.78 is 0. The minimum atomic E-state index is 0.277. The molecule has 3 rings (SSSR count). The zero-order valence-electron chi connectivity index (χ0n) is 13.0. The third kappa shape index (κ3) is 4.24. The topological polar surface area (TPSA) is 35.6 Å².